The van der Waals surface area contributed by atoms with Gasteiger partial charge in [0.15, 0.2) is 5.78 Å². The summed E-state index contributed by atoms with van der Waals surface area (Å²) < 4.78 is 13.4. The summed E-state index contributed by atoms with van der Waals surface area (Å²) in [5, 5.41) is 0. The lowest BCUT2D eigenvalue weighted by Crippen LogP contribution is -2.48. The van der Waals surface area contributed by atoms with E-state index in [9.17, 15) is 9.18 Å². The average Bonchev–Trinajstić information content (AvgIpc) is 2.76. The summed E-state index contributed by atoms with van der Waals surface area (Å²) in [7, 11) is 3.88. The van der Waals surface area contributed by atoms with Gasteiger partial charge in [-0.25, -0.2) is 4.39 Å². The number of Topliss-reactive ketones (excluding diaryl/α,β-unsaturated/α-hetero) is 1. The first kappa shape index (κ1) is 13.2. The van der Waals surface area contributed by atoms with E-state index in [1.807, 2.05) is 25.9 Å². The Morgan fingerprint density at radius 1 is 1.22 bits per heavy atom. The highest BCUT2D eigenvalue weighted by molar-refractivity contribution is 6.03. The predicted octanol–water partition coefficient (Wildman–Crippen LogP) is 3.19. The fourth-order valence-corrected chi connectivity index (χ4v) is 2.97. The number of carbonyl (C=O) groups excluding carboxylic acids is 1. The van der Waals surface area contributed by atoms with Crippen molar-refractivity contribution < 1.29 is 9.18 Å². The summed E-state index contributed by atoms with van der Waals surface area (Å²) >= 11 is 0. The maximum absolute atomic E-state index is 13.4. The van der Waals surface area contributed by atoms with Crippen molar-refractivity contribution in [1.82, 2.24) is 4.90 Å². The monoisotopic (exact) mass is 249 g/mol. The van der Waals surface area contributed by atoms with Crippen molar-refractivity contribution >= 4 is 5.78 Å². The number of aryl methyl sites for hydroxylation is 1. The second-order valence-corrected chi connectivity index (χ2v) is 5.48. The van der Waals surface area contributed by atoms with E-state index in [1.165, 1.54) is 12.1 Å². The Morgan fingerprint density at radius 2 is 1.83 bits per heavy atom. The minimum Gasteiger partial charge on any atom is -0.297 e. The zero-order valence-corrected chi connectivity index (χ0v) is 11.3. The molecule has 0 N–H and O–H groups in total. The van der Waals surface area contributed by atoms with Crippen LogP contribution in [0.4, 0.5) is 4.39 Å². The van der Waals surface area contributed by atoms with Crippen LogP contribution in [0.5, 0.6) is 0 Å². The topological polar surface area (TPSA) is 20.3 Å². The number of carbonyl (C=O) groups is 1. The van der Waals surface area contributed by atoms with Crippen molar-refractivity contribution in [3.05, 3.63) is 35.1 Å². The second-order valence-electron chi connectivity index (χ2n) is 5.48. The minimum atomic E-state index is -0.430. The molecule has 0 atom stereocenters. The molecule has 18 heavy (non-hydrogen) atoms. The smallest absolute Gasteiger partial charge is 0.183 e. The molecule has 1 saturated carbocycles. The summed E-state index contributed by atoms with van der Waals surface area (Å²) in [4.78, 5) is 14.7. The molecule has 0 aromatic heterocycles. The standard InChI is InChI=1S/C15H20FNO/c1-11-8-12(10-13(16)9-11)14(18)15(17(2)3)6-4-5-7-15/h8-10H,4-7H2,1-3H3. The molecule has 1 aromatic rings. The molecule has 1 fully saturated rings. The number of hydrogen-bond acceptors (Lipinski definition) is 2. The quantitative estimate of drug-likeness (QED) is 0.767. The fourth-order valence-electron chi connectivity index (χ4n) is 2.97. The second kappa shape index (κ2) is 4.81. The third-order valence-corrected chi connectivity index (χ3v) is 4.01. The highest BCUT2D eigenvalue weighted by atomic mass is 19.1. The molecule has 1 aliphatic rings. The Labute approximate surface area is 108 Å². The molecule has 1 aliphatic carbocycles. The number of hydrogen-bond donors (Lipinski definition) is 0. The van der Waals surface area contributed by atoms with E-state index in [-0.39, 0.29) is 11.6 Å². The molecule has 1 aromatic carbocycles. The van der Waals surface area contributed by atoms with Gasteiger partial charge in [-0.2, -0.15) is 0 Å². The Kier molecular flexibility index (Phi) is 3.53. The summed E-state index contributed by atoms with van der Waals surface area (Å²) in [5.74, 6) is -0.266. The third-order valence-electron chi connectivity index (χ3n) is 4.01. The average molecular weight is 249 g/mol. The number of rotatable bonds is 3. The Morgan fingerprint density at radius 3 is 2.33 bits per heavy atom. The van der Waals surface area contributed by atoms with Crippen molar-refractivity contribution in [3.63, 3.8) is 0 Å². The van der Waals surface area contributed by atoms with Gasteiger partial charge in [-0.3, -0.25) is 9.69 Å². The van der Waals surface area contributed by atoms with Crippen molar-refractivity contribution in [3.8, 4) is 0 Å². The van der Waals surface area contributed by atoms with Gasteiger partial charge >= 0.3 is 0 Å². The van der Waals surface area contributed by atoms with Crippen LogP contribution in [0.2, 0.25) is 0 Å². The molecule has 98 valence electrons. The summed E-state index contributed by atoms with van der Waals surface area (Å²) in [5.41, 5.74) is 0.869. The van der Waals surface area contributed by atoms with Gasteiger partial charge in [0.2, 0.25) is 0 Å². The van der Waals surface area contributed by atoms with Crippen molar-refractivity contribution in [2.75, 3.05) is 14.1 Å². The van der Waals surface area contributed by atoms with E-state index in [2.05, 4.69) is 0 Å². The van der Waals surface area contributed by atoms with Crippen LogP contribution < -0.4 is 0 Å². The van der Waals surface area contributed by atoms with Crippen LogP contribution in [0.15, 0.2) is 18.2 Å². The van der Waals surface area contributed by atoms with Gasteiger partial charge in [0.1, 0.15) is 5.82 Å². The molecule has 0 radical (unpaired) electrons. The van der Waals surface area contributed by atoms with Gasteiger partial charge in [-0.15, -0.1) is 0 Å². The number of nitrogens with zero attached hydrogens (tertiary/aromatic N) is 1. The van der Waals surface area contributed by atoms with E-state index in [4.69, 9.17) is 0 Å². The number of halogens is 1. The van der Waals surface area contributed by atoms with Crippen LogP contribution in [0.25, 0.3) is 0 Å². The molecule has 3 heteroatoms. The molecule has 0 heterocycles. The van der Waals surface area contributed by atoms with Gasteiger partial charge in [0.05, 0.1) is 5.54 Å². The molecule has 2 rings (SSSR count). The highest BCUT2D eigenvalue weighted by Gasteiger charge is 2.43. The summed E-state index contributed by atoms with van der Waals surface area (Å²) in [6.45, 7) is 1.82. The first-order valence-corrected chi connectivity index (χ1v) is 6.45. The largest absolute Gasteiger partial charge is 0.297 e. The highest BCUT2D eigenvalue weighted by Crippen LogP contribution is 2.36. The van der Waals surface area contributed by atoms with Crippen LogP contribution >= 0.6 is 0 Å². The van der Waals surface area contributed by atoms with E-state index in [1.54, 1.807) is 6.07 Å². The number of ketones is 1. The molecular formula is C15H20FNO. The first-order valence-electron chi connectivity index (χ1n) is 6.45. The lowest BCUT2D eigenvalue weighted by Gasteiger charge is -2.34. The van der Waals surface area contributed by atoms with Crippen LogP contribution in [0.1, 0.15) is 41.6 Å². The van der Waals surface area contributed by atoms with E-state index in [0.717, 1.165) is 31.2 Å². The van der Waals surface area contributed by atoms with Crippen molar-refractivity contribution in [2.24, 2.45) is 0 Å². The van der Waals surface area contributed by atoms with Gasteiger partial charge in [0.25, 0.3) is 0 Å². The predicted molar refractivity (Wildman–Crippen MR) is 70.4 cm³/mol. The van der Waals surface area contributed by atoms with Crippen molar-refractivity contribution in [1.29, 1.82) is 0 Å². The SMILES string of the molecule is Cc1cc(F)cc(C(=O)C2(N(C)C)CCCC2)c1. The zero-order valence-electron chi connectivity index (χ0n) is 11.3. The normalized spacial score (nSPS) is 18.3. The van der Waals surface area contributed by atoms with Gasteiger partial charge in [-0.1, -0.05) is 12.8 Å². The molecule has 0 spiro atoms. The summed E-state index contributed by atoms with van der Waals surface area (Å²) in [6, 6.07) is 4.60. The number of likely N-dealkylation sites (N-methyl/N-ethyl adjacent to an activating group) is 1. The van der Waals surface area contributed by atoms with Crippen LogP contribution in [-0.4, -0.2) is 30.3 Å². The van der Waals surface area contributed by atoms with Crippen LogP contribution in [0, 0.1) is 12.7 Å². The molecule has 0 saturated heterocycles. The third kappa shape index (κ3) is 2.19. The zero-order chi connectivity index (χ0) is 13.3. The van der Waals surface area contributed by atoms with E-state index in [0.29, 0.717) is 5.56 Å². The maximum atomic E-state index is 13.4. The molecule has 0 unspecified atom stereocenters. The molecule has 0 aliphatic heterocycles. The molecule has 0 bridgehead atoms. The molecular weight excluding hydrogens is 229 g/mol. The number of benzene rings is 1. The Hall–Kier alpha value is -1.22. The van der Waals surface area contributed by atoms with Gasteiger partial charge in [0, 0.05) is 5.56 Å². The fraction of sp³-hybridized carbons (Fsp3) is 0.533. The van der Waals surface area contributed by atoms with Gasteiger partial charge in [-0.05, 0) is 57.6 Å². The van der Waals surface area contributed by atoms with Crippen LogP contribution in [0.3, 0.4) is 0 Å². The molecule has 2 nitrogen and oxygen atoms in total. The van der Waals surface area contributed by atoms with Crippen molar-refractivity contribution in [2.45, 2.75) is 38.1 Å². The van der Waals surface area contributed by atoms with E-state index >= 15 is 0 Å². The Bertz CT molecular complexity index is 441. The maximum Gasteiger partial charge on any atom is 0.183 e. The lowest BCUT2D eigenvalue weighted by atomic mass is 9.86. The first-order chi connectivity index (χ1) is 8.45. The van der Waals surface area contributed by atoms with Crippen LogP contribution in [-0.2, 0) is 0 Å². The lowest BCUT2D eigenvalue weighted by molar-refractivity contribution is 0.0693. The molecule has 0 amide bonds. The van der Waals surface area contributed by atoms with E-state index < -0.39 is 5.54 Å². The summed E-state index contributed by atoms with van der Waals surface area (Å²) in [6.07, 6.45) is 3.87. The Balaban J connectivity index is 2.40. The minimum absolute atomic E-state index is 0.0626. The van der Waals surface area contributed by atoms with Gasteiger partial charge < -0.3 is 0 Å².